The first-order valence-electron chi connectivity index (χ1n) is 8.17. The third kappa shape index (κ3) is 3.32. The minimum absolute atomic E-state index is 0.00269. The fourth-order valence-electron chi connectivity index (χ4n) is 3.05. The lowest BCUT2D eigenvalue weighted by Gasteiger charge is -2.33. The van der Waals surface area contributed by atoms with Crippen molar-refractivity contribution in [1.82, 2.24) is 4.90 Å². The number of carbonyl (C=O) groups is 2. The van der Waals surface area contributed by atoms with Crippen LogP contribution >= 0.6 is 0 Å². The standard InChI is InChI=1S/C17H23N3O3/c1-12(18)13-5-6-15-14(9-13)20(17(22)11-23-15)10-16(21)19-7-3-2-4-8-19/h5-6,9,12H,2-4,7-8,10-11,18H2,1H3. The number of amides is 2. The molecule has 0 aromatic heterocycles. The Labute approximate surface area is 136 Å². The fourth-order valence-corrected chi connectivity index (χ4v) is 3.05. The second-order valence-corrected chi connectivity index (χ2v) is 6.23. The van der Waals surface area contributed by atoms with Crippen molar-refractivity contribution >= 4 is 17.5 Å². The molecule has 0 bridgehead atoms. The van der Waals surface area contributed by atoms with Gasteiger partial charge in [-0.15, -0.1) is 0 Å². The Morgan fingerprint density at radius 1 is 1.30 bits per heavy atom. The van der Waals surface area contributed by atoms with Crippen LogP contribution in [0.5, 0.6) is 5.75 Å². The molecule has 1 fully saturated rings. The van der Waals surface area contributed by atoms with Gasteiger partial charge in [-0.2, -0.15) is 0 Å². The lowest BCUT2D eigenvalue weighted by molar-refractivity contribution is -0.132. The Bertz CT molecular complexity index is 609. The van der Waals surface area contributed by atoms with Crippen LogP contribution in [0.3, 0.4) is 0 Å². The summed E-state index contributed by atoms with van der Waals surface area (Å²) >= 11 is 0. The molecule has 0 radical (unpaired) electrons. The predicted octanol–water partition coefficient (Wildman–Crippen LogP) is 1.44. The average molecular weight is 317 g/mol. The Kier molecular flexibility index (Phi) is 4.52. The first kappa shape index (κ1) is 15.8. The molecule has 3 rings (SSSR count). The summed E-state index contributed by atoms with van der Waals surface area (Å²) in [5, 5.41) is 0. The van der Waals surface area contributed by atoms with Crippen molar-refractivity contribution in [3.8, 4) is 5.75 Å². The second-order valence-electron chi connectivity index (χ2n) is 6.23. The maximum Gasteiger partial charge on any atom is 0.265 e. The quantitative estimate of drug-likeness (QED) is 0.915. The zero-order valence-corrected chi connectivity index (χ0v) is 13.5. The molecule has 0 spiro atoms. The van der Waals surface area contributed by atoms with Gasteiger partial charge in [0.05, 0.1) is 5.69 Å². The van der Waals surface area contributed by atoms with E-state index in [1.165, 1.54) is 11.3 Å². The van der Waals surface area contributed by atoms with Gasteiger partial charge in [-0.05, 0) is 43.9 Å². The lowest BCUT2D eigenvalue weighted by atomic mass is 10.1. The molecule has 1 saturated heterocycles. The maximum atomic E-state index is 12.5. The summed E-state index contributed by atoms with van der Waals surface area (Å²) < 4.78 is 5.47. The van der Waals surface area contributed by atoms with E-state index in [2.05, 4.69) is 0 Å². The molecule has 1 aromatic rings. The summed E-state index contributed by atoms with van der Waals surface area (Å²) in [5.41, 5.74) is 7.48. The molecule has 2 heterocycles. The number of nitrogens with zero attached hydrogens (tertiary/aromatic N) is 2. The van der Waals surface area contributed by atoms with Crippen LogP contribution in [0, 0.1) is 0 Å². The second kappa shape index (κ2) is 6.58. The number of benzene rings is 1. The number of rotatable bonds is 3. The monoisotopic (exact) mass is 317 g/mol. The van der Waals surface area contributed by atoms with Crippen LogP contribution in [0.1, 0.15) is 37.8 Å². The van der Waals surface area contributed by atoms with Crippen LogP contribution in [0.25, 0.3) is 0 Å². The zero-order chi connectivity index (χ0) is 16.4. The Morgan fingerprint density at radius 3 is 2.74 bits per heavy atom. The Morgan fingerprint density at radius 2 is 2.04 bits per heavy atom. The molecule has 1 unspecified atom stereocenters. The van der Waals surface area contributed by atoms with Crippen LogP contribution in [-0.4, -0.2) is 43.0 Å². The van der Waals surface area contributed by atoms with E-state index >= 15 is 0 Å². The van der Waals surface area contributed by atoms with Gasteiger partial charge in [-0.1, -0.05) is 6.07 Å². The third-order valence-electron chi connectivity index (χ3n) is 4.45. The van der Waals surface area contributed by atoms with Crippen LogP contribution in [0.2, 0.25) is 0 Å². The first-order chi connectivity index (χ1) is 11.1. The lowest BCUT2D eigenvalue weighted by Crippen LogP contribution is -2.47. The normalized spacial score (nSPS) is 19.1. The summed E-state index contributed by atoms with van der Waals surface area (Å²) in [6, 6.07) is 5.42. The molecular weight excluding hydrogens is 294 g/mol. The molecule has 1 aromatic carbocycles. The van der Waals surface area contributed by atoms with Crippen LogP contribution < -0.4 is 15.4 Å². The first-order valence-corrected chi connectivity index (χ1v) is 8.17. The molecular formula is C17H23N3O3. The summed E-state index contributed by atoms with van der Waals surface area (Å²) in [4.78, 5) is 28.1. The largest absolute Gasteiger partial charge is 0.482 e. The van der Waals surface area contributed by atoms with Gasteiger partial charge in [0, 0.05) is 19.1 Å². The molecule has 2 aliphatic rings. The van der Waals surface area contributed by atoms with E-state index in [1.807, 2.05) is 30.0 Å². The van der Waals surface area contributed by atoms with Gasteiger partial charge in [0.15, 0.2) is 6.61 Å². The molecule has 1 atom stereocenters. The van der Waals surface area contributed by atoms with Crippen molar-refractivity contribution in [3.05, 3.63) is 23.8 Å². The van der Waals surface area contributed by atoms with E-state index < -0.39 is 0 Å². The van der Waals surface area contributed by atoms with Gasteiger partial charge in [0.1, 0.15) is 12.3 Å². The smallest absolute Gasteiger partial charge is 0.265 e. The van der Waals surface area contributed by atoms with Crippen molar-refractivity contribution < 1.29 is 14.3 Å². The highest BCUT2D eigenvalue weighted by molar-refractivity contribution is 6.02. The Hall–Kier alpha value is -2.08. The van der Waals surface area contributed by atoms with E-state index in [0.717, 1.165) is 31.5 Å². The maximum absolute atomic E-state index is 12.5. The summed E-state index contributed by atoms with van der Waals surface area (Å²) in [5.74, 6) is 0.433. The van der Waals surface area contributed by atoms with Crippen molar-refractivity contribution in [3.63, 3.8) is 0 Å². The van der Waals surface area contributed by atoms with E-state index in [0.29, 0.717) is 11.4 Å². The number of ether oxygens (including phenoxy) is 1. The summed E-state index contributed by atoms with van der Waals surface area (Å²) in [6.45, 7) is 3.49. The van der Waals surface area contributed by atoms with Gasteiger partial charge >= 0.3 is 0 Å². The van der Waals surface area contributed by atoms with Crippen LogP contribution in [0.4, 0.5) is 5.69 Å². The van der Waals surface area contributed by atoms with Crippen LogP contribution in [-0.2, 0) is 9.59 Å². The fraction of sp³-hybridized carbons (Fsp3) is 0.529. The number of piperidine rings is 1. The highest BCUT2D eigenvalue weighted by Gasteiger charge is 2.29. The third-order valence-corrected chi connectivity index (χ3v) is 4.45. The van der Waals surface area contributed by atoms with E-state index in [1.54, 1.807) is 0 Å². The number of anilines is 1. The highest BCUT2D eigenvalue weighted by Crippen LogP contribution is 2.34. The summed E-state index contributed by atoms with van der Waals surface area (Å²) in [7, 11) is 0. The van der Waals surface area contributed by atoms with Gasteiger partial charge in [0.2, 0.25) is 5.91 Å². The van der Waals surface area contributed by atoms with E-state index in [4.69, 9.17) is 10.5 Å². The van der Waals surface area contributed by atoms with Crippen LogP contribution in [0.15, 0.2) is 18.2 Å². The minimum atomic E-state index is -0.190. The molecule has 124 valence electrons. The summed E-state index contributed by atoms with van der Waals surface area (Å²) in [6.07, 6.45) is 3.24. The number of fused-ring (bicyclic) bond motifs is 1. The molecule has 2 amide bonds. The van der Waals surface area contributed by atoms with Gasteiger partial charge < -0.3 is 15.4 Å². The molecule has 0 saturated carbocycles. The SMILES string of the molecule is CC(N)c1ccc2c(c1)N(CC(=O)N1CCCCC1)C(=O)CO2. The number of carbonyl (C=O) groups excluding carboxylic acids is 2. The highest BCUT2D eigenvalue weighted by atomic mass is 16.5. The number of nitrogens with two attached hydrogens (primary N) is 1. The van der Waals surface area contributed by atoms with Gasteiger partial charge in [-0.3, -0.25) is 14.5 Å². The van der Waals surface area contributed by atoms with Crippen molar-refractivity contribution in [1.29, 1.82) is 0 Å². The predicted molar refractivity (Wildman–Crippen MR) is 87.3 cm³/mol. The molecule has 23 heavy (non-hydrogen) atoms. The average Bonchev–Trinajstić information content (AvgIpc) is 2.57. The topological polar surface area (TPSA) is 75.9 Å². The van der Waals surface area contributed by atoms with Gasteiger partial charge in [-0.25, -0.2) is 0 Å². The molecule has 0 aliphatic carbocycles. The molecule has 6 nitrogen and oxygen atoms in total. The van der Waals surface area contributed by atoms with E-state index in [9.17, 15) is 9.59 Å². The number of hydrogen-bond acceptors (Lipinski definition) is 4. The molecule has 2 aliphatic heterocycles. The molecule has 2 N–H and O–H groups in total. The van der Waals surface area contributed by atoms with Crippen molar-refractivity contribution in [2.24, 2.45) is 5.73 Å². The van der Waals surface area contributed by atoms with Crippen molar-refractivity contribution in [2.45, 2.75) is 32.2 Å². The van der Waals surface area contributed by atoms with E-state index in [-0.39, 0.29) is 31.0 Å². The number of hydrogen-bond donors (Lipinski definition) is 1. The zero-order valence-electron chi connectivity index (χ0n) is 13.5. The minimum Gasteiger partial charge on any atom is -0.482 e. The van der Waals surface area contributed by atoms with Crippen molar-refractivity contribution in [2.75, 3.05) is 31.1 Å². The van der Waals surface area contributed by atoms with Gasteiger partial charge in [0.25, 0.3) is 5.91 Å². The Balaban J connectivity index is 1.82. The number of likely N-dealkylation sites (tertiary alicyclic amines) is 1. The molecule has 6 heteroatoms.